The van der Waals surface area contributed by atoms with Gasteiger partial charge in [-0.3, -0.25) is 9.69 Å². The Bertz CT molecular complexity index is 550. The molecular weight excluding hydrogens is 398 g/mol. The van der Waals surface area contributed by atoms with Gasteiger partial charge in [-0.2, -0.15) is 0 Å². The Morgan fingerprint density at radius 1 is 1.39 bits per heavy atom. The van der Waals surface area contributed by atoms with Crippen LogP contribution in [0.3, 0.4) is 0 Å². The third kappa shape index (κ3) is 3.99. The van der Waals surface area contributed by atoms with Gasteiger partial charge in [0.25, 0.3) is 0 Å². The Kier molecular flexibility index (Phi) is 5.14. The third-order valence-electron chi connectivity index (χ3n) is 2.31. The van der Waals surface area contributed by atoms with Gasteiger partial charge in [0.05, 0.1) is 15.2 Å². The van der Waals surface area contributed by atoms with Gasteiger partial charge in [0, 0.05) is 21.3 Å². The summed E-state index contributed by atoms with van der Waals surface area (Å²) in [6.45, 7) is 1.25. The van der Waals surface area contributed by atoms with Gasteiger partial charge in [-0.15, -0.1) is 22.7 Å². The summed E-state index contributed by atoms with van der Waals surface area (Å²) in [5.41, 5.74) is 0. The zero-order chi connectivity index (χ0) is 13.1. The maximum absolute atomic E-state index is 12.0. The van der Waals surface area contributed by atoms with Gasteiger partial charge < -0.3 is 0 Å². The van der Waals surface area contributed by atoms with Crippen LogP contribution in [0.15, 0.2) is 31.8 Å². The van der Waals surface area contributed by atoms with Crippen LogP contribution in [-0.4, -0.2) is 24.3 Å². The fraction of sp³-hybridized carbons (Fsp3) is 0.250. The van der Waals surface area contributed by atoms with E-state index >= 15 is 0 Å². The monoisotopic (exact) mass is 407 g/mol. The van der Waals surface area contributed by atoms with Gasteiger partial charge in [0.15, 0.2) is 5.78 Å². The zero-order valence-corrected chi connectivity index (χ0v) is 14.5. The quantitative estimate of drug-likeness (QED) is 0.671. The maximum atomic E-state index is 12.0. The van der Waals surface area contributed by atoms with E-state index in [-0.39, 0.29) is 5.78 Å². The molecule has 2 rings (SSSR count). The molecule has 0 unspecified atom stereocenters. The molecule has 0 saturated heterocycles. The highest BCUT2D eigenvalue weighted by Gasteiger charge is 2.12. The number of carbonyl (C=O) groups is 1. The lowest BCUT2D eigenvalue weighted by Crippen LogP contribution is -2.24. The van der Waals surface area contributed by atoms with Crippen LogP contribution in [-0.2, 0) is 6.54 Å². The van der Waals surface area contributed by atoms with Gasteiger partial charge in [-0.25, -0.2) is 0 Å². The molecule has 0 aliphatic rings. The second-order valence-electron chi connectivity index (χ2n) is 3.93. The molecular formula is C12H11Br2NOS2. The summed E-state index contributed by atoms with van der Waals surface area (Å²) in [6, 6.07) is 5.87. The van der Waals surface area contributed by atoms with E-state index < -0.39 is 0 Å². The second-order valence-corrected chi connectivity index (χ2v) is 8.30. The molecule has 96 valence electrons. The Morgan fingerprint density at radius 2 is 2.17 bits per heavy atom. The van der Waals surface area contributed by atoms with Crippen molar-refractivity contribution in [2.75, 3.05) is 13.6 Å². The lowest BCUT2D eigenvalue weighted by atomic mass is 10.3. The largest absolute Gasteiger partial charge is 0.294 e. The number of thiophene rings is 2. The van der Waals surface area contributed by atoms with Crippen LogP contribution >= 0.6 is 54.5 Å². The predicted octanol–water partition coefficient (Wildman–Crippen LogP) is 4.65. The van der Waals surface area contributed by atoms with Crippen LogP contribution in [0.2, 0.25) is 0 Å². The van der Waals surface area contributed by atoms with E-state index in [1.165, 1.54) is 16.2 Å². The molecule has 2 aromatic rings. The zero-order valence-electron chi connectivity index (χ0n) is 9.65. The molecule has 2 aromatic heterocycles. The van der Waals surface area contributed by atoms with Crippen molar-refractivity contribution in [3.63, 3.8) is 0 Å². The number of hydrogen-bond acceptors (Lipinski definition) is 4. The fourth-order valence-electron chi connectivity index (χ4n) is 1.55. The first kappa shape index (κ1) is 14.4. The minimum absolute atomic E-state index is 0.170. The van der Waals surface area contributed by atoms with E-state index in [0.29, 0.717) is 6.54 Å². The Balaban J connectivity index is 1.91. The van der Waals surface area contributed by atoms with E-state index in [1.54, 1.807) is 11.3 Å². The van der Waals surface area contributed by atoms with E-state index in [9.17, 15) is 4.79 Å². The van der Waals surface area contributed by atoms with Crippen LogP contribution in [0.4, 0.5) is 0 Å². The third-order valence-corrected chi connectivity index (χ3v) is 5.66. The summed E-state index contributed by atoms with van der Waals surface area (Å²) >= 11 is 9.99. The summed E-state index contributed by atoms with van der Waals surface area (Å²) in [5.74, 6) is 0.170. The smallest absolute Gasteiger partial charge is 0.186 e. The predicted molar refractivity (Wildman–Crippen MR) is 84.7 cm³/mol. The van der Waals surface area contributed by atoms with Crippen molar-refractivity contribution in [1.29, 1.82) is 0 Å². The van der Waals surface area contributed by atoms with E-state index in [4.69, 9.17) is 0 Å². The highest BCUT2D eigenvalue weighted by molar-refractivity contribution is 9.11. The molecule has 0 aliphatic carbocycles. The van der Waals surface area contributed by atoms with Gasteiger partial charge in [-0.1, -0.05) is 0 Å². The highest BCUT2D eigenvalue weighted by atomic mass is 79.9. The summed E-state index contributed by atoms with van der Waals surface area (Å²) < 4.78 is 2.10. The number of likely N-dealkylation sites (N-methyl/N-ethyl adjacent to an activating group) is 1. The SMILES string of the molecule is CN(CC(=O)c1ccc(Br)s1)Cc1cc(Br)cs1. The average molecular weight is 409 g/mol. The van der Waals surface area contributed by atoms with E-state index in [2.05, 4.69) is 43.3 Å². The lowest BCUT2D eigenvalue weighted by molar-refractivity contribution is 0.0947. The molecule has 2 nitrogen and oxygen atoms in total. The normalized spacial score (nSPS) is 11.1. The Morgan fingerprint density at radius 3 is 2.72 bits per heavy atom. The van der Waals surface area contributed by atoms with Gasteiger partial charge in [0.2, 0.25) is 0 Å². The number of nitrogens with zero attached hydrogens (tertiary/aromatic N) is 1. The molecule has 2 heterocycles. The maximum Gasteiger partial charge on any atom is 0.186 e. The summed E-state index contributed by atoms with van der Waals surface area (Å²) in [5, 5.41) is 2.06. The molecule has 0 atom stereocenters. The molecule has 0 aromatic carbocycles. The van der Waals surface area contributed by atoms with Crippen molar-refractivity contribution in [2.24, 2.45) is 0 Å². The average Bonchev–Trinajstić information content (AvgIpc) is 2.87. The molecule has 0 saturated carbocycles. The van der Waals surface area contributed by atoms with E-state index in [1.807, 2.05) is 24.1 Å². The Labute approximate surface area is 131 Å². The number of halogens is 2. The van der Waals surface area contributed by atoms with Crippen molar-refractivity contribution < 1.29 is 4.79 Å². The van der Waals surface area contributed by atoms with Crippen LogP contribution in [0.1, 0.15) is 14.5 Å². The van der Waals surface area contributed by atoms with Crippen molar-refractivity contribution in [3.05, 3.63) is 41.6 Å². The van der Waals surface area contributed by atoms with E-state index in [0.717, 1.165) is 19.7 Å². The summed E-state index contributed by atoms with van der Waals surface area (Å²) in [6.07, 6.45) is 0. The number of hydrogen-bond donors (Lipinski definition) is 0. The summed E-state index contributed by atoms with van der Waals surface area (Å²) in [7, 11) is 1.97. The second kappa shape index (κ2) is 6.43. The first-order valence-electron chi connectivity index (χ1n) is 5.24. The number of ketones is 1. The number of rotatable bonds is 5. The van der Waals surface area contributed by atoms with Gasteiger partial charge in [-0.05, 0) is 57.1 Å². The number of Topliss-reactive ketones (excluding diaryl/α,β-unsaturated/α-hetero) is 1. The molecule has 18 heavy (non-hydrogen) atoms. The molecule has 0 N–H and O–H groups in total. The molecule has 0 radical (unpaired) electrons. The van der Waals surface area contributed by atoms with Crippen molar-refractivity contribution >= 4 is 60.3 Å². The molecule has 0 bridgehead atoms. The lowest BCUT2D eigenvalue weighted by Gasteiger charge is -2.13. The van der Waals surface area contributed by atoms with Crippen molar-refractivity contribution in [3.8, 4) is 0 Å². The van der Waals surface area contributed by atoms with Crippen molar-refractivity contribution in [1.82, 2.24) is 4.90 Å². The Hall–Kier alpha value is -0.0100. The first-order valence-corrected chi connectivity index (χ1v) is 8.53. The van der Waals surface area contributed by atoms with Gasteiger partial charge in [0.1, 0.15) is 0 Å². The first-order chi connectivity index (χ1) is 8.54. The van der Waals surface area contributed by atoms with Crippen LogP contribution in [0.5, 0.6) is 0 Å². The minimum Gasteiger partial charge on any atom is -0.294 e. The van der Waals surface area contributed by atoms with Gasteiger partial charge >= 0.3 is 0 Å². The van der Waals surface area contributed by atoms with Crippen LogP contribution in [0.25, 0.3) is 0 Å². The van der Waals surface area contributed by atoms with Crippen molar-refractivity contribution in [2.45, 2.75) is 6.54 Å². The standard InChI is InChI=1S/C12H11Br2NOS2/c1-15(5-9-4-8(13)7-17-9)6-10(16)11-2-3-12(14)18-11/h2-4,7H,5-6H2,1H3. The summed E-state index contributed by atoms with van der Waals surface area (Å²) in [4.78, 5) is 16.1. The van der Waals surface area contributed by atoms with Crippen LogP contribution in [0, 0.1) is 0 Å². The fourth-order valence-corrected chi connectivity index (χ4v) is 4.39. The molecule has 0 spiro atoms. The number of carbonyl (C=O) groups excluding carboxylic acids is 1. The molecule has 6 heteroatoms. The molecule has 0 amide bonds. The molecule has 0 fully saturated rings. The minimum atomic E-state index is 0.170. The van der Waals surface area contributed by atoms with Crippen LogP contribution < -0.4 is 0 Å². The molecule has 0 aliphatic heterocycles. The highest BCUT2D eigenvalue weighted by Crippen LogP contribution is 2.23. The topological polar surface area (TPSA) is 20.3 Å².